The van der Waals surface area contributed by atoms with Crippen LogP contribution in [0.2, 0.25) is 0 Å². The third kappa shape index (κ3) is 1.84. The molecule has 6 heteroatoms. The van der Waals surface area contributed by atoms with Crippen LogP contribution in [0.4, 0.5) is 4.79 Å². The zero-order chi connectivity index (χ0) is 15.1. The van der Waals surface area contributed by atoms with E-state index in [1.807, 2.05) is 26.0 Å². The molecule has 1 fully saturated rings. The molecular weight excluding hydrogens is 258 g/mol. The third-order valence-electron chi connectivity index (χ3n) is 3.80. The summed E-state index contributed by atoms with van der Waals surface area (Å²) in [6.45, 7) is 3.76. The Balaban J connectivity index is 2.62. The van der Waals surface area contributed by atoms with Gasteiger partial charge in [0.1, 0.15) is 5.75 Å². The van der Waals surface area contributed by atoms with Crippen molar-refractivity contribution in [1.82, 2.24) is 10.2 Å². The van der Waals surface area contributed by atoms with Gasteiger partial charge in [-0.25, -0.2) is 4.79 Å². The Hall–Kier alpha value is -2.08. The first kappa shape index (κ1) is 14.3. The zero-order valence-corrected chi connectivity index (χ0v) is 12.1. The molecule has 2 rings (SSSR count). The summed E-state index contributed by atoms with van der Waals surface area (Å²) in [4.78, 5) is 25.2. The first-order valence-corrected chi connectivity index (χ1v) is 6.33. The number of carbonyl (C=O) groups is 2. The van der Waals surface area contributed by atoms with E-state index in [9.17, 15) is 9.59 Å². The van der Waals surface area contributed by atoms with Gasteiger partial charge in [-0.3, -0.25) is 9.69 Å². The lowest BCUT2D eigenvalue weighted by atomic mass is 9.85. The number of ether oxygens (including phenoxy) is 1. The molecule has 1 aliphatic rings. The van der Waals surface area contributed by atoms with Gasteiger partial charge in [0.25, 0.3) is 5.91 Å². The number of urea groups is 1. The van der Waals surface area contributed by atoms with Crippen LogP contribution in [0.25, 0.3) is 0 Å². The molecule has 1 heterocycles. The molecule has 1 atom stereocenters. The van der Waals surface area contributed by atoms with Crippen molar-refractivity contribution in [2.75, 3.05) is 20.7 Å². The van der Waals surface area contributed by atoms with E-state index in [2.05, 4.69) is 5.32 Å². The summed E-state index contributed by atoms with van der Waals surface area (Å²) in [5, 5.41) is 2.71. The summed E-state index contributed by atoms with van der Waals surface area (Å²) in [6.07, 6.45) is 0. The molecule has 1 aliphatic heterocycles. The number of benzene rings is 1. The van der Waals surface area contributed by atoms with E-state index in [-0.39, 0.29) is 12.5 Å². The monoisotopic (exact) mass is 277 g/mol. The second-order valence-electron chi connectivity index (χ2n) is 5.04. The van der Waals surface area contributed by atoms with Crippen LogP contribution in [-0.4, -0.2) is 37.5 Å². The second kappa shape index (κ2) is 4.79. The molecule has 0 aliphatic carbocycles. The first-order valence-electron chi connectivity index (χ1n) is 6.33. The Bertz CT molecular complexity index is 585. The molecule has 0 aromatic heterocycles. The average Bonchev–Trinajstić information content (AvgIpc) is 2.66. The van der Waals surface area contributed by atoms with Crippen molar-refractivity contribution in [3.05, 3.63) is 28.8 Å². The fraction of sp³-hybridized carbons (Fsp3) is 0.429. The van der Waals surface area contributed by atoms with Gasteiger partial charge in [-0.15, -0.1) is 0 Å². The summed E-state index contributed by atoms with van der Waals surface area (Å²) in [6, 6.07) is 3.26. The zero-order valence-electron chi connectivity index (χ0n) is 12.1. The fourth-order valence-corrected chi connectivity index (χ4v) is 2.60. The van der Waals surface area contributed by atoms with Gasteiger partial charge in [-0.05, 0) is 42.7 Å². The number of methoxy groups -OCH3 is 1. The Kier molecular flexibility index (Phi) is 3.43. The molecule has 108 valence electrons. The molecule has 0 spiro atoms. The molecular formula is C14H19N3O3. The maximum Gasteiger partial charge on any atom is 0.325 e. The minimum Gasteiger partial charge on any atom is -0.496 e. The highest BCUT2D eigenvalue weighted by Crippen LogP contribution is 2.33. The number of likely N-dealkylation sites (N-methyl/N-ethyl adjacent to an activating group) is 1. The van der Waals surface area contributed by atoms with Gasteiger partial charge in [0.2, 0.25) is 0 Å². The van der Waals surface area contributed by atoms with E-state index in [0.29, 0.717) is 5.56 Å². The highest BCUT2D eigenvalue weighted by molar-refractivity contribution is 6.07. The van der Waals surface area contributed by atoms with Crippen LogP contribution in [0.3, 0.4) is 0 Å². The smallest absolute Gasteiger partial charge is 0.325 e. The molecule has 3 N–H and O–H groups in total. The van der Waals surface area contributed by atoms with Crippen LogP contribution < -0.4 is 15.8 Å². The summed E-state index contributed by atoms with van der Waals surface area (Å²) in [5.74, 6) is 0.404. The Morgan fingerprint density at radius 3 is 2.40 bits per heavy atom. The third-order valence-corrected chi connectivity index (χ3v) is 3.80. The van der Waals surface area contributed by atoms with Gasteiger partial charge in [0.05, 0.1) is 7.11 Å². The number of aryl methyl sites for hydroxylation is 2. The fourth-order valence-electron chi connectivity index (χ4n) is 2.60. The number of nitrogens with zero attached hydrogens (tertiary/aromatic N) is 1. The summed E-state index contributed by atoms with van der Waals surface area (Å²) < 4.78 is 5.27. The number of hydrogen-bond donors (Lipinski definition) is 2. The van der Waals surface area contributed by atoms with Crippen LogP contribution in [-0.2, 0) is 10.3 Å². The summed E-state index contributed by atoms with van der Waals surface area (Å²) in [5.41, 5.74) is 7.07. The van der Waals surface area contributed by atoms with E-state index in [4.69, 9.17) is 10.5 Å². The second-order valence-corrected chi connectivity index (χ2v) is 5.04. The average molecular weight is 277 g/mol. The maximum atomic E-state index is 12.4. The van der Waals surface area contributed by atoms with Crippen molar-refractivity contribution in [3.8, 4) is 5.75 Å². The molecule has 0 radical (unpaired) electrons. The molecule has 1 aromatic rings. The highest BCUT2D eigenvalue weighted by atomic mass is 16.5. The lowest BCUT2D eigenvalue weighted by molar-refractivity contribution is -0.130. The molecule has 0 saturated carbocycles. The molecule has 3 amide bonds. The molecule has 6 nitrogen and oxygen atoms in total. The van der Waals surface area contributed by atoms with E-state index in [1.165, 1.54) is 7.05 Å². The maximum absolute atomic E-state index is 12.4. The van der Waals surface area contributed by atoms with Crippen LogP contribution in [0.5, 0.6) is 5.75 Å². The number of rotatable bonds is 3. The topological polar surface area (TPSA) is 84.7 Å². The van der Waals surface area contributed by atoms with Gasteiger partial charge in [0, 0.05) is 13.6 Å². The van der Waals surface area contributed by atoms with Crippen molar-refractivity contribution in [1.29, 1.82) is 0 Å². The van der Waals surface area contributed by atoms with Crippen molar-refractivity contribution in [2.45, 2.75) is 19.4 Å². The Labute approximate surface area is 117 Å². The van der Waals surface area contributed by atoms with Crippen molar-refractivity contribution >= 4 is 11.9 Å². The van der Waals surface area contributed by atoms with Crippen molar-refractivity contribution in [3.63, 3.8) is 0 Å². The molecule has 20 heavy (non-hydrogen) atoms. The first-order chi connectivity index (χ1) is 9.37. The molecule has 0 bridgehead atoms. The van der Waals surface area contributed by atoms with Crippen molar-refractivity contribution < 1.29 is 14.3 Å². The Morgan fingerprint density at radius 1 is 1.30 bits per heavy atom. The SMILES string of the molecule is COc1cc(C)c(C2(CN)NC(=O)N(C)C2=O)cc1C. The van der Waals surface area contributed by atoms with Crippen LogP contribution in [0.1, 0.15) is 16.7 Å². The lowest BCUT2D eigenvalue weighted by Gasteiger charge is -2.27. The van der Waals surface area contributed by atoms with Crippen LogP contribution >= 0.6 is 0 Å². The number of amides is 3. The van der Waals surface area contributed by atoms with Gasteiger partial charge < -0.3 is 15.8 Å². The normalized spacial score (nSPS) is 22.1. The van der Waals surface area contributed by atoms with E-state index < -0.39 is 11.6 Å². The molecule has 1 unspecified atom stereocenters. The van der Waals surface area contributed by atoms with Gasteiger partial charge in [-0.2, -0.15) is 0 Å². The van der Waals surface area contributed by atoms with Gasteiger partial charge >= 0.3 is 6.03 Å². The standard InChI is InChI=1S/C14H19N3O3/c1-8-6-11(20-4)9(2)5-10(8)14(7-15)12(18)17(3)13(19)16-14/h5-6H,7,15H2,1-4H3,(H,16,19). The number of imide groups is 1. The van der Waals surface area contributed by atoms with Gasteiger partial charge in [0.15, 0.2) is 5.54 Å². The van der Waals surface area contributed by atoms with Crippen LogP contribution in [0.15, 0.2) is 12.1 Å². The van der Waals surface area contributed by atoms with Crippen molar-refractivity contribution in [2.24, 2.45) is 5.73 Å². The number of nitrogens with one attached hydrogen (secondary N) is 1. The summed E-state index contributed by atoms with van der Waals surface area (Å²) >= 11 is 0. The lowest BCUT2D eigenvalue weighted by Crippen LogP contribution is -2.50. The number of carbonyl (C=O) groups excluding carboxylic acids is 2. The molecule has 1 saturated heterocycles. The minimum absolute atomic E-state index is 0.00845. The highest BCUT2D eigenvalue weighted by Gasteiger charge is 2.50. The van der Waals surface area contributed by atoms with Crippen LogP contribution in [0, 0.1) is 13.8 Å². The largest absolute Gasteiger partial charge is 0.496 e. The number of nitrogens with two attached hydrogens (primary N) is 1. The predicted molar refractivity (Wildman–Crippen MR) is 74.5 cm³/mol. The summed E-state index contributed by atoms with van der Waals surface area (Å²) in [7, 11) is 3.04. The predicted octanol–water partition coefficient (Wildman–Crippen LogP) is 0.648. The van der Waals surface area contributed by atoms with E-state index in [1.54, 1.807) is 7.11 Å². The minimum atomic E-state index is -1.19. The Morgan fingerprint density at radius 2 is 1.95 bits per heavy atom. The number of hydrogen-bond acceptors (Lipinski definition) is 4. The molecule has 1 aromatic carbocycles. The van der Waals surface area contributed by atoms with Gasteiger partial charge in [-0.1, -0.05) is 0 Å². The van der Waals surface area contributed by atoms with E-state index in [0.717, 1.165) is 21.8 Å². The van der Waals surface area contributed by atoms with E-state index >= 15 is 0 Å². The quantitative estimate of drug-likeness (QED) is 0.794.